The lowest BCUT2D eigenvalue weighted by Crippen LogP contribution is -2.39. The van der Waals surface area contributed by atoms with Crippen LogP contribution in [-0.4, -0.2) is 27.0 Å². The highest BCUT2D eigenvalue weighted by molar-refractivity contribution is 7.89. The topological polar surface area (TPSA) is 84.2 Å². The van der Waals surface area contributed by atoms with Crippen molar-refractivity contribution in [1.82, 2.24) is 4.72 Å². The first-order chi connectivity index (χ1) is 8.24. The second-order valence-corrected chi connectivity index (χ2v) is 6.63. The van der Waals surface area contributed by atoms with Gasteiger partial charge in [-0.25, -0.2) is 13.1 Å². The van der Waals surface area contributed by atoms with Crippen molar-refractivity contribution in [3.63, 3.8) is 0 Å². The first kappa shape index (κ1) is 14.9. The summed E-state index contributed by atoms with van der Waals surface area (Å²) in [6, 6.07) is 6.61. The van der Waals surface area contributed by atoms with E-state index in [-0.39, 0.29) is 10.4 Å². The van der Waals surface area contributed by atoms with Crippen LogP contribution in [0.5, 0.6) is 0 Å². The molecule has 0 aliphatic rings. The van der Waals surface area contributed by atoms with E-state index in [9.17, 15) is 8.42 Å². The third kappa shape index (κ3) is 4.64. The summed E-state index contributed by atoms with van der Waals surface area (Å²) < 4.78 is 25.9. The van der Waals surface area contributed by atoms with Crippen LogP contribution in [0, 0.1) is 0 Å². The summed E-state index contributed by atoms with van der Waals surface area (Å²) in [7, 11) is -3.37. The minimum absolute atomic E-state index is 0.266. The number of anilines is 1. The molecule has 1 rings (SSSR count). The van der Waals surface area contributed by atoms with Crippen molar-refractivity contribution in [1.29, 1.82) is 0 Å². The first-order valence-corrected chi connectivity index (χ1v) is 7.35. The number of nitrogens with one attached hydrogen (secondary N) is 2. The molecule has 0 amide bonds. The van der Waals surface area contributed by atoms with E-state index < -0.39 is 10.0 Å². The Labute approximate surface area is 109 Å². The molecule has 0 aliphatic heterocycles. The molecule has 0 saturated carbocycles. The Balaban J connectivity index is 2.75. The zero-order valence-electron chi connectivity index (χ0n) is 11.0. The highest BCUT2D eigenvalue weighted by Gasteiger charge is 2.13. The smallest absolute Gasteiger partial charge is 0.240 e. The van der Waals surface area contributed by atoms with Crippen LogP contribution in [0.2, 0.25) is 0 Å². The normalized spacial score (nSPS) is 12.4. The van der Waals surface area contributed by atoms with Crippen molar-refractivity contribution in [2.45, 2.75) is 31.2 Å². The molecule has 0 saturated heterocycles. The molecular formula is C12H21N3O2S. The molecule has 18 heavy (non-hydrogen) atoms. The molecule has 0 unspecified atom stereocenters. The van der Waals surface area contributed by atoms with Gasteiger partial charge in [-0.3, -0.25) is 0 Å². The molecule has 0 atom stereocenters. The Kier molecular flexibility index (Phi) is 4.72. The van der Waals surface area contributed by atoms with Gasteiger partial charge in [0.05, 0.1) is 4.90 Å². The average molecular weight is 271 g/mol. The minimum atomic E-state index is -3.37. The van der Waals surface area contributed by atoms with E-state index in [4.69, 9.17) is 5.73 Å². The molecule has 0 heterocycles. The number of nitrogens with two attached hydrogens (primary N) is 1. The van der Waals surface area contributed by atoms with E-state index in [2.05, 4.69) is 10.0 Å². The predicted octanol–water partition coefficient (Wildman–Crippen LogP) is 1.13. The van der Waals surface area contributed by atoms with Gasteiger partial charge in [-0.05, 0) is 38.1 Å². The van der Waals surface area contributed by atoms with Crippen LogP contribution in [0.25, 0.3) is 0 Å². The number of benzene rings is 1. The maximum Gasteiger partial charge on any atom is 0.240 e. The third-order valence-electron chi connectivity index (χ3n) is 2.25. The predicted molar refractivity (Wildman–Crippen MR) is 74.1 cm³/mol. The van der Waals surface area contributed by atoms with Crippen molar-refractivity contribution < 1.29 is 8.42 Å². The molecule has 5 nitrogen and oxygen atoms in total. The number of hydrogen-bond acceptors (Lipinski definition) is 4. The Morgan fingerprint density at radius 1 is 1.22 bits per heavy atom. The molecule has 1 aromatic rings. The maximum atomic E-state index is 11.7. The van der Waals surface area contributed by atoms with E-state index >= 15 is 0 Å². The number of sulfonamides is 1. The lowest BCUT2D eigenvalue weighted by molar-refractivity contribution is 0.549. The molecule has 0 bridgehead atoms. The fraction of sp³-hybridized carbons (Fsp3) is 0.500. The van der Waals surface area contributed by atoms with Crippen LogP contribution in [-0.2, 0) is 10.0 Å². The Morgan fingerprint density at radius 2 is 1.78 bits per heavy atom. The maximum absolute atomic E-state index is 11.7. The van der Waals surface area contributed by atoms with Gasteiger partial charge in [0.15, 0.2) is 0 Å². The second-order valence-electron chi connectivity index (χ2n) is 4.87. The van der Waals surface area contributed by atoms with Crippen molar-refractivity contribution >= 4 is 15.7 Å². The standard InChI is InChI=1S/C12H21N3O2S/c1-4-15-18(16,17)11-7-5-10(6-8-11)14-9-12(2,3)13/h5-8,14-15H,4,9,13H2,1-3H3. The third-order valence-corrected chi connectivity index (χ3v) is 3.81. The highest BCUT2D eigenvalue weighted by atomic mass is 32.2. The van der Waals surface area contributed by atoms with Gasteiger partial charge in [-0.2, -0.15) is 0 Å². The lowest BCUT2D eigenvalue weighted by atomic mass is 10.1. The van der Waals surface area contributed by atoms with Crippen LogP contribution < -0.4 is 15.8 Å². The van der Waals surface area contributed by atoms with Gasteiger partial charge in [0, 0.05) is 24.3 Å². The van der Waals surface area contributed by atoms with Gasteiger partial charge in [-0.1, -0.05) is 6.92 Å². The lowest BCUT2D eigenvalue weighted by Gasteiger charge is -2.19. The Morgan fingerprint density at radius 3 is 2.22 bits per heavy atom. The van der Waals surface area contributed by atoms with Crippen molar-refractivity contribution in [2.75, 3.05) is 18.4 Å². The van der Waals surface area contributed by atoms with Gasteiger partial charge in [0.1, 0.15) is 0 Å². The van der Waals surface area contributed by atoms with Crippen LogP contribution in [0.4, 0.5) is 5.69 Å². The summed E-state index contributed by atoms with van der Waals surface area (Å²) in [5.41, 5.74) is 6.39. The van der Waals surface area contributed by atoms with Crippen LogP contribution in [0.15, 0.2) is 29.2 Å². The Bertz CT molecular complexity index is 475. The van der Waals surface area contributed by atoms with Gasteiger partial charge >= 0.3 is 0 Å². The molecule has 0 radical (unpaired) electrons. The molecule has 102 valence electrons. The van der Waals surface area contributed by atoms with E-state index in [1.54, 1.807) is 31.2 Å². The summed E-state index contributed by atoms with van der Waals surface area (Å²) >= 11 is 0. The monoisotopic (exact) mass is 271 g/mol. The largest absolute Gasteiger partial charge is 0.383 e. The highest BCUT2D eigenvalue weighted by Crippen LogP contribution is 2.14. The minimum Gasteiger partial charge on any atom is -0.383 e. The summed E-state index contributed by atoms with van der Waals surface area (Å²) in [4.78, 5) is 0.266. The molecule has 0 aromatic heterocycles. The van der Waals surface area contributed by atoms with E-state index in [0.29, 0.717) is 13.1 Å². The number of hydrogen-bond donors (Lipinski definition) is 3. The first-order valence-electron chi connectivity index (χ1n) is 5.87. The summed E-state index contributed by atoms with van der Waals surface area (Å²) in [6.07, 6.45) is 0. The zero-order valence-corrected chi connectivity index (χ0v) is 11.8. The van der Waals surface area contributed by atoms with Crippen molar-refractivity contribution in [2.24, 2.45) is 5.73 Å². The van der Waals surface area contributed by atoms with Gasteiger partial charge in [-0.15, -0.1) is 0 Å². The van der Waals surface area contributed by atoms with Crippen LogP contribution >= 0.6 is 0 Å². The molecule has 4 N–H and O–H groups in total. The SMILES string of the molecule is CCNS(=O)(=O)c1ccc(NCC(C)(C)N)cc1. The molecule has 0 spiro atoms. The zero-order chi connectivity index (χ0) is 13.8. The van der Waals surface area contributed by atoms with Crippen LogP contribution in [0.3, 0.4) is 0 Å². The summed E-state index contributed by atoms with van der Waals surface area (Å²) in [5.74, 6) is 0. The molecule has 0 fully saturated rings. The van der Waals surface area contributed by atoms with E-state index in [1.807, 2.05) is 13.8 Å². The second kappa shape index (κ2) is 5.69. The summed E-state index contributed by atoms with van der Waals surface area (Å²) in [5, 5.41) is 3.16. The quantitative estimate of drug-likeness (QED) is 0.724. The molecule has 0 aliphatic carbocycles. The Hall–Kier alpha value is -1.11. The van der Waals surface area contributed by atoms with Crippen LogP contribution in [0.1, 0.15) is 20.8 Å². The molecular weight excluding hydrogens is 250 g/mol. The fourth-order valence-corrected chi connectivity index (χ4v) is 2.40. The van der Waals surface area contributed by atoms with Gasteiger partial charge in [0.25, 0.3) is 0 Å². The van der Waals surface area contributed by atoms with Crippen molar-refractivity contribution in [3.05, 3.63) is 24.3 Å². The van der Waals surface area contributed by atoms with E-state index in [1.165, 1.54) is 0 Å². The van der Waals surface area contributed by atoms with E-state index in [0.717, 1.165) is 5.69 Å². The summed E-state index contributed by atoms with van der Waals surface area (Å²) in [6.45, 7) is 6.58. The molecule has 1 aromatic carbocycles. The van der Waals surface area contributed by atoms with Gasteiger partial charge in [0.2, 0.25) is 10.0 Å². The molecule has 6 heteroatoms. The fourth-order valence-electron chi connectivity index (χ4n) is 1.36. The number of rotatable bonds is 6. The van der Waals surface area contributed by atoms with Crippen molar-refractivity contribution in [3.8, 4) is 0 Å². The van der Waals surface area contributed by atoms with Gasteiger partial charge < -0.3 is 11.1 Å². The average Bonchev–Trinajstić information content (AvgIpc) is 2.26.